The molecule has 4 rings (SSSR count). The van der Waals surface area contributed by atoms with Crippen molar-refractivity contribution in [2.75, 3.05) is 36.4 Å². The van der Waals surface area contributed by atoms with E-state index in [0.717, 1.165) is 30.7 Å². The van der Waals surface area contributed by atoms with Crippen LogP contribution >= 0.6 is 11.6 Å². The fourth-order valence-corrected chi connectivity index (χ4v) is 3.70. The lowest BCUT2D eigenvalue weighted by atomic mass is 10.1. The van der Waals surface area contributed by atoms with Gasteiger partial charge in [0.05, 0.1) is 15.5 Å². The smallest absolute Gasteiger partial charge is 0.292 e. The van der Waals surface area contributed by atoms with Crippen LogP contribution in [0.5, 0.6) is 0 Å². The standard InChI is InChI=1S/C20H19ClF2N4O3/c21-15-11-17(23)16(22)10-14(15)20(28)26-7-5-25(6-8-26)13-3-4-19(27(29)30)18(9-13)24-12-1-2-12/h3-4,9-12,24H,1-2,5-8H2. The van der Waals surface area contributed by atoms with Crippen molar-refractivity contribution in [1.29, 1.82) is 0 Å². The third-order valence-corrected chi connectivity index (χ3v) is 5.60. The first-order chi connectivity index (χ1) is 14.3. The van der Waals surface area contributed by atoms with E-state index >= 15 is 0 Å². The second-order valence-electron chi connectivity index (χ2n) is 7.40. The molecule has 7 nitrogen and oxygen atoms in total. The van der Waals surface area contributed by atoms with E-state index in [1.54, 1.807) is 12.1 Å². The molecule has 1 saturated carbocycles. The average Bonchev–Trinajstić information content (AvgIpc) is 3.54. The van der Waals surface area contributed by atoms with Gasteiger partial charge in [0, 0.05) is 44.0 Å². The molecular weight excluding hydrogens is 418 g/mol. The molecule has 2 aliphatic rings. The van der Waals surface area contributed by atoms with Crippen molar-refractivity contribution in [3.8, 4) is 0 Å². The molecule has 1 amide bonds. The van der Waals surface area contributed by atoms with Gasteiger partial charge in [-0.15, -0.1) is 0 Å². The maximum atomic E-state index is 13.5. The zero-order valence-corrected chi connectivity index (χ0v) is 16.7. The normalized spacial score (nSPS) is 16.5. The van der Waals surface area contributed by atoms with Gasteiger partial charge in [-0.25, -0.2) is 8.78 Å². The molecule has 0 radical (unpaired) electrons. The number of hydrogen-bond donors (Lipinski definition) is 1. The molecule has 1 aliphatic carbocycles. The van der Waals surface area contributed by atoms with Crippen LogP contribution in [-0.2, 0) is 0 Å². The molecule has 2 aromatic rings. The molecular formula is C20H19ClF2N4O3. The predicted octanol–water partition coefficient (Wildman–Crippen LogP) is 4.06. The molecule has 0 unspecified atom stereocenters. The van der Waals surface area contributed by atoms with Gasteiger partial charge in [0.15, 0.2) is 11.6 Å². The Kier molecular flexibility index (Phi) is 5.46. The maximum Gasteiger partial charge on any atom is 0.292 e. The summed E-state index contributed by atoms with van der Waals surface area (Å²) in [6.07, 6.45) is 1.99. The third kappa shape index (κ3) is 4.16. The number of benzene rings is 2. The van der Waals surface area contributed by atoms with Gasteiger partial charge in [-0.3, -0.25) is 14.9 Å². The van der Waals surface area contributed by atoms with E-state index in [4.69, 9.17) is 11.6 Å². The van der Waals surface area contributed by atoms with Gasteiger partial charge >= 0.3 is 0 Å². The summed E-state index contributed by atoms with van der Waals surface area (Å²) in [5.74, 6) is -2.68. The summed E-state index contributed by atoms with van der Waals surface area (Å²) in [5, 5.41) is 14.3. The first kappa shape index (κ1) is 20.3. The summed E-state index contributed by atoms with van der Waals surface area (Å²) in [6, 6.07) is 6.83. The quantitative estimate of drug-likeness (QED) is 0.434. The molecule has 1 N–H and O–H groups in total. The number of amides is 1. The van der Waals surface area contributed by atoms with Crippen LogP contribution in [0.2, 0.25) is 5.02 Å². The summed E-state index contributed by atoms with van der Waals surface area (Å²) >= 11 is 5.92. The highest BCUT2D eigenvalue weighted by atomic mass is 35.5. The van der Waals surface area contributed by atoms with Crippen LogP contribution in [0.15, 0.2) is 30.3 Å². The molecule has 0 aromatic heterocycles. The van der Waals surface area contributed by atoms with E-state index in [-0.39, 0.29) is 22.3 Å². The minimum atomic E-state index is -1.12. The largest absolute Gasteiger partial charge is 0.377 e. The van der Waals surface area contributed by atoms with Crippen LogP contribution in [0.4, 0.5) is 25.8 Å². The second-order valence-corrected chi connectivity index (χ2v) is 7.81. The Morgan fingerprint density at radius 2 is 1.77 bits per heavy atom. The number of carbonyl (C=O) groups is 1. The van der Waals surface area contributed by atoms with Crippen molar-refractivity contribution >= 4 is 34.6 Å². The minimum absolute atomic E-state index is 0.0347. The number of rotatable bonds is 5. The Hall–Kier alpha value is -2.94. The Bertz CT molecular complexity index is 1010. The molecule has 2 aromatic carbocycles. The molecule has 1 saturated heterocycles. The first-order valence-electron chi connectivity index (χ1n) is 9.57. The number of nitrogens with zero attached hydrogens (tertiary/aromatic N) is 3. The molecule has 1 heterocycles. The lowest BCUT2D eigenvalue weighted by Crippen LogP contribution is -2.48. The van der Waals surface area contributed by atoms with Crippen molar-refractivity contribution < 1.29 is 18.5 Å². The maximum absolute atomic E-state index is 13.5. The number of halogens is 3. The van der Waals surface area contributed by atoms with Crippen LogP contribution in [0.25, 0.3) is 0 Å². The summed E-state index contributed by atoms with van der Waals surface area (Å²) < 4.78 is 26.8. The van der Waals surface area contributed by atoms with E-state index in [9.17, 15) is 23.7 Å². The third-order valence-electron chi connectivity index (χ3n) is 5.29. The summed E-state index contributed by atoms with van der Waals surface area (Å²) in [7, 11) is 0. The topological polar surface area (TPSA) is 78.7 Å². The van der Waals surface area contributed by atoms with Crippen molar-refractivity contribution in [3.05, 3.63) is 62.7 Å². The minimum Gasteiger partial charge on any atom is -0.377 e. The molecule has 0 spiro atoms. The van der Waals surface area contributed by atoms with Crippen LogP contribution in [0.1, 0.15) is 23.2 Å². The highest BCUT2D eigenvalue weighted by molar-refractivity contribution is 6.33. The van der Waals surface area contributed by atoms with E-state index in [1.165, 1.54) is 11.0 Å². The van der Waals surface area contributed by atoms with Crippen molar-refractivity contribution in [3.63, 3.8) is 0 Å². The van der Waals surface area contributed by atoms with E-state index in [0.29, 0.717) is 31.9 Å². The lowest BCUT2D eigenvalue weighted by Gasteiger charge is -2.36. The summed E-state index contributed by atoms with van der Waals surface area (Å²) in [4.78, 5) is 27.1. The molecule has 1 aliphatic heterocycles. The average molecular weight is 437 g/mol. The fraction of sp³-hybridized carbons (Fsp3) is 0.350. The number of nitro groups is 1. The molecule has 0 bridgehead atoms. The monoisotopic (exact) mass is 436 g/mol. The van der Waals surface area contributed by atoms with Crippen molar-refractivity contribution in [1.82, 2.24) is 4.90 Å². The van der Waals surface area contributed by atoms with Crippen molar-refractivity contribution in [2.45, 2.75) is 18.9 Å². The van der Waals surface area contributed by atoms with Gasteiger partial charge in [-0.2, -0.15) is 0 Å². The van der Waals surface area contributed by atoms with Gasteiger partial charge in [-0.05, 0) is 37.1 Å². The van der Waals surface area contributed by atoms with E-state index < -0.39 is 22.5 Å². The molecule has 158 valence electrons. The lowest BCUT2D eigenvalue weighted by molar-refractivity contribution is -0.384. The van der Waals surface area contributed by atoms with Crippen molar-refractivity contribution in [2.24, 2.45) is 0 Å². The molecule has 0 atom stereocenters. The second kappa shape index (κ2) is 8.06. The SMILES string of the molecule is O=C(c1cc(F)c(F)cc1Cl)N1CCN(c2ccc([N+](=O)[O-])c(NC3CC3)c2)CC1. The number of piperazine rings is 1. The summed E-state index contributed by atoms with van der Waals surface area (Å²) in [5.41, 5.74) is 1.27. The Morgan fingerprint density at radius 3 is 2.40 bits per heavy atom. The van der Waals surface area contributed by atoms with Gasteiger partial charge in [0.1, 0.15) is 5.69 Å². The van der Waals surface area contributed by atoms with E-state index in [1.807, 2.05) is 4.90 Å². The Morgan fingerprint density at radius 1 is 1.10 bits per heavy atom. The molecule has 10 heteroatoms. The van der Waals surface area contributed by atoms with Crippen LogP contribution < -0.4 is 10.2 Å². The predicted molar refractivity (Wildman–Crippen MR) is 109 cm³/mol. The first-order valence-corrected chi connectivity index (χ1v) is 9.95. The van der Waals surface area contributed by atoms with Gasteiger partial charge < -0.3 is 15.1 Å². The summed E-state index contributed by atoms with van der Waals surface area (Å²) in [6.45, 7) is 1.70. The fourth-order valence-electron chi connectivity index (χ4n) is 3.47. The van der Waals surface area contributed by atoms with Crippen LogP contribution in [0, 0.1) is 21.7 Å². The van der Waals surface area contributed by atoms with Gasteiger partial charge in [0.2, 0.25) is 0 Å². The van der Waals surface area contributed by atoms with E-state index in [2.05, 4.69) is 5.32 Å². The Labute approximate surface area is 176 Å². The molecule has 2 fully saturated rings. The van der Waals surface area contributed by atoms with Crippen LogP contribution in [-0.4, -0.2) is 48.0 Å². The number of hydrogen-bond acceptors (Lipinski definition) is 5. The molecule has 30 heavy (non-hydrogen) atoms. The highest BCUT2D eigenvalue weighted by Gasteiger charge is 2.28. The highest BCUT2D eigenvalue weighted by Crippen LogP contribution is 2.34. The van der Waals surface area contributed by atoms with Gasteiger partial charge in [0.25, 0.3) is 11.6 Å². The zero-order chi connectivity index (χ0) is 21.4. The van der Waals surface area contributed by atoms with Crippen LogP contribution in [0.3, 0.4) is 0 Å². The number of nitro benzene ring substituents is 1. The number of anilines is 2. The zero-order valence-electron chi connectivity index (χ0n) is 15.9. The number of carbonyl (C=O) groups excluding carboxylic acids is 1. The van der Waals surface area contributed by atoms with Gasteiger partial charge in [-0.1, -0.05) is 11.6 Å². The Balaban J connectivity index is 1.46. The number of nitrogens with one attached hydrogen (secondary N) is 1.